The van der Waals surface area contributed by atoms with Crippen molar-refractivity contribution in [2.75, 3.05) is 0 Å². The molecule has 1 aliphatic carbocycles. The Balaban J connectivity index is 1.30. The van der Waals surface area contributed by atoms with Gasteiger partial charge < -0.3 is 0 Å². The molecule has 212 valence electrons. The van der Waals surface area contributed by atoms with Gasteiger partial charge in [-0.05, 0) is 72.6 Å². The Bertz CT molecular complexity index is 806. The predicted octanol–water partition coefficient (Wildman–Crippen LogP) is 12.8. The summed E-state index contributed by atoms with van der Waals surface area (Å²) in [4.78, 5) is 0. The maximum absolute atomic E-state index is 2.42. The van der Waals surface area contributed by atoms with Crippen molar-refractivity contribution in [2.24, 2.45) is 5.92 Å². The van der Waals surface area contributed by atoms with Crippen molar-refractivity contribution in [3.63, 3.8) is 0 Å². The lowest BCUT2D eigenvalue weighted by atomic mass is 9.77. The van der Waals surface area contributed by atoms with Crippen LogP contribution in [0.3, 0.4) is 0 Å². The van der Waals surface area contributed by atoms with Crippen LogP contribution >= 0.6 is 0 Å². The fraction of sp³-hybridized carbons (Fsp3) is 0.684. The molecule has 2 aromatic rings. The van der Waals surface area contributed by atoms with Crippen LogP contribution in [-0.4, -0.2) is 0 Å². The Labute approximate surface area is 237 Å². The summed E-state index contributed by atoms with van der Waals surface area (Å²) in [6.45, 7) is 4.61. The minimum absolute atomic E-state index is 0.785. The van der Waals surface area contributed by atoms with Crippen LogP contribution in [0.15, 0.2) is 48.5 Å². The molecule has 0 saturated heterocycles. The molecule has 0 atom stereocenters. The molecule has 0 radical (unpaired) electrons. The number of hydrogen-bond donors (Lipinski definition) is 0. The second-order valence-electron chi connectivity index (χ2n) is 12.5. The lowest BCUT2D eigenvalue weighted by molar-refractivity contribution is 0.302. The first-order valence-corrected chi connectivity index (χ1v) is 17.0. The van der Waals surface area contributed by atoms with Crippen LogP contribution in [-0.2, 0) is 6.42 Å². The van der Waals surface area contributed by atoms with E-state index in [1.807, 2.05) is 0 Å². The fourth-order valence-corrected chi connectivity index (χ4v) is 6.63. The first-order valence-electron chi connectivity index (χ1n) is 17.0. The molecule has 0 nitrogen and oxygen atoms in total. The smallest absolute Gasteiger partial charge is 0.0162 e. The van der Waals surface area contributed by atoms with E-state index in [2.05, 4.69) is 62.4 Å². The van der Waals surface area contributed by atoms with Gasteiger partial charge in [-0.15, -0.1) is 0 Å². The minimum Gasteiger partial charge on any atom is -0.0654 e. The normalized spacial score (nSPS) is 17.6. The molecule has 0 amide bonds. The highest BCUT2D eigenvalue weighted by Crippen LogP contribution is 2.38. The van der Waals surface area contributed by atoms with Crippen molar-refractivity contribution >= 4 is 0 Å². The van der Waals surface area contributed by atoms with Crippen molar-refractivity contribution in [1.29, 1.82) is 0 Å². The number of aryl methyl sites for hydroxylation is 1. The van der Waals surface area contributed by atoms with E-state index in [0.29, 0.717) is 0 Å². The zero-order chi connectivity index (χ0) is 26.7. The Kier molecular flexibility index (Phi) is 15.9. The molecule has 0 aromatic heterocycles. The molecule has 2 aromatic carbocycles. The third-order valence-corrected chi connectivity index (χ3v) is 9.30. The summed E-state index contributed by atoms with van der Waals surface area (Å²) < 4.78 is 0. The third-order valence-electron chi connectivity index (χ3n) is 9.30. The number of benzene rings is 2. The van der Waals surface area contributed by atoms with Crippen molar-refractivity contribution < 1.29 is 0 Å². The predicted molar refractivity (Wildman–Crippen MR) is 170 cm³/mol. The van der Waals surface area contributed by atoms with Gasteiger partial charge in [0, 0.05) is 0 Å². The zero-order valence-electron chi connectivity index (χ0n) is 25.3. The molecule has 0 unspecified atom stereocenters. The molecule has 0 bridgehead atoms. The monoisotopic (exact) mass is 516 g/mol. The lowest BCUT2D eigenvalue weighted by Gasteiger charge is -2.29. The van der Waals surface area contributed by atoms with Crippen LogP contribution in [0.25, 0.3) is 11.1 Å². The Morgan fingerprint density at radius 1 is 0.474 bits per heavy atom. The van der Waals surface area contributed by atoms with E-state index in [9.17, 15) is 0 Å². The van der Waals surface area contributed by atoms with Crippen LogP contribution in [0, 0.1) is 5.92 Å². The molecular formula is C38H60. The minimum atomic E-state index is 0.785. The number of hydrogen-bond acceptors (Lipinski definition) is 0. The Morgan fingerprint density at radius 2 is 0.921 bits per heavy atom. The van der Waals surface area contributed by atoms with Crippen LogP contribution < -0.4 is 0 Å². The van der Waals surface area contributed by atoms with E-state index >= 15 is 0 Å². The molecule has 0 aliphatic heterocycles. The van der Waals surface area contributed by atoms with Crippen molar-refractivity contribution in [3.8, 4) is 11.1 Å². The number of unbranched alkanes of at least 4 members (excludes halogenated alkanes) is 14. The number of rotatable bonds is 20. The summed E-state index contributed by atoms with van der Waals surface area (Å²) in [6, 6.07) is 19.0. The quantitative estimate of drug-likeness (QED) is 0.153. The van der Waals surface area contributed by atoms with Gasteiger partial charge in [-0.3, -0.25) is 0 Å². The molecule has 0 heterocycles. The Hall–Kier alpha value is -1.56. The summed E-state index contributed by atoms with van der Waals surface area (Å²) in [5.74, 6) is 1.78. The largest absolute Gasteiger partial charge is 0.0654 e. The summed E-state index contributed by atoms with van der Waals surface area (Å²) in [6.07, 6.45) is 31.1. The van der Waals surface area contributed by atoms with Gasteiger partial charge in [-0.1, -0.05) is 165 Å². The van der Waals surface area contributed by atoms with Gasteiger partial charge >= 0.3 is 0 Å². The van der Waals surface area contributed by atoms with E-state index in [0.717, 1.165) is 11.8 Å². The second-order valence-corrected chi connectivity index (χ2v) is 12.5. The maximum Gasteiger partial charge on any atom is -0.0162 e. The van der Waals surface area contributed by atoms with Gasteiger partial charge in [-0.2, -0.15) is 0 Å². The molecular weight excluding hydrogens is 456 g/mol. The summed E-state index contributed by atoms with van der Waals surface area (Å²) in [5, 5.41) is 0. The van der Waals surface area contributed by atoms with Gasteiger partial charge in [0.15, 0.2) is 0 Å². The molecule has 1 aliphatic rings. The first kappa shape index (κ1) is 31.0. The summed E-state index contributed by atoms with van der Waals surface area (Å²) >= 11 is 0. The first-order chi connectivity index (χ1) is 18.8. The maximum atomic E-state index is 2.42. The van der Waals surface area contributed by atoms with Crippen molar-refractivity contribution in [2.45, 2.75) is 161 Å². The molecule has 38 heavy (non-hydrogen) atoms. The highest BCUT2D eigenvalue weighted by atomic mass is 14.3. The summed E-state index contributed by atoms with van der Waals surface area (Å²) in [7, 11) is 0. The van der Waals surface area contributed by atoms with E-state index in [-0.39, 0.29) is 0 Å². The van der Waals surface area contributed by atoms with Gasteiger partial charge in [-0.25, -0.2) is 0 Å². The van der Waals surface area contributed by atoms with E-state index in [1.165, 1.54) is 158 Å². The van der Waals surface area contributed by atoms with Crippen LogP contribution in [0.2, 0.25) is 0 Å². The average molecular weight is 517 g/mol. The summed E-state index contributed by atoms with van der Waals surface area (Å²) in [5.41, 5.74) is 5.81. The van der Waals surface area contributed by atoms with Gasteiger partial charge in [0.2, 0.25) is 0 Å². The van der Waals surface area contributed by atoms with Crippen LogP contribution in [0.4, 0.5) is 0 Å². The highest BCUT2D eigenvalue weighted by molar-refractivity contribution is 5.64. The molecule has 1 saturated carbocycles. The van der Waals surface area contributed by atoms with E-state index in [1.54, 1.807) is 5.56 Å². The molecule has 0 N–H and O–H groups in total. The van der Waals surface area contributed by atoms with Crippen LogP contribution in [0.1, 0.15) is 166 Å². The average Bonchev–Trinajstić information content (AvgIpc) is 2.97. The topological polar surface area (TPSA) is 0 Å². The van der Waals surface area contributed by atoms with Crippen LogP contribution in [0.5, 0.6) is 0 Å². The third kappa shape index (κ3) is 12.1. The standard InChI is InChI=1S/C38H60/c1-3-5-7-9-11-12-13-14-16-18-20-34-23-27-36(28-24-34)38-31-29-37(30-32-38)35-25-21-33(22-26-35)19-17-15-10-8-6-4-2/h23-24,27-33,35H,3-22,25-26H2,1-2H3. The molecule has 0 spiro atoms. The SMILES string of the molecule is CCCCCCCCCCCCc1ccc(-c2ccc(C3CCC(CCCCCCCC)CC3)cc2)cc1. The van der Waals surface area contributed by atoms with Gasteiger partial charge in [0.25, 0.3) is 0 Å². The molecule has 1 fully saturated rings. The van der Waals surface area contributed by atoms with Crippen molar-refractivity contribution in [3.05, 3.63) is 59.7 Å². The van der Waals surface area contributed by atoms with Gasteiger partial charge in [0.05, 0.1) is 0 Å². The molecule has 3 rings (SSSR count). The highest BCUT2D eigenvalue weighted by Gasteiger charge is 2.22. The zero-order valence-corrected chi connectivity index (χ0v) is 25.3. The van der Waals surface area contributed by atoms with Crippen molar-refractivity contribution in [1.82, 2.24) is 0 Å². The second kappa shape index (κ2) is 19.5. The van der Waals surface area contributed by atoms with E-state index in [4.69, 9.17) is 0 Å². The lowest BCUT2D eigenvalue weighted by Crippen LogP contribution is -2.13. The Morgan fingerprint density at radius 3 is 1.45 bits per heavy atom. The molecule has 0 heteroatoms. The fourth-order valence-electron chi connectivity index (χ4n) is 6.63. The van der Waals surface area contributed by atoms with E-state index < -0.39 is 0 Å². The van der Waals surface area contributed by atoms with Gasteiger partial charge in [0.1, 0.15) is 0 Å².